The summed E-state index contributed by atoms with van der Waals surface area (Å²) in [5.74, 6) is 0.754. The van der Waals surface area contributed by atoms with Gasteiger partial charge in [-0.2, -0.15) is 0 Å². The van der Waals surface area contributed by atoms with E-state index in [1.54, 1.807) is 7.05 Å². The molecule has 0 aromatic heterocycles. The van der Waals surface area contributed by atoms with Gasteiger partial charge in [-0.25, -0.2) is 0 Å². The summed E-state index contributed by atoms with van der Waals surface area (Å²) >= 11 is 5.96. The Labute approximate surface area is 167 Å². The van der Waals surface area contributed by atoms with E-state index in [4.69, 9.17) is 11.6 Å². The van der Waals surface area contributed by atoms with E-state index >= 15 is 0 Å². The molecule has 7 heteroatoms. The summed E-state index contributed by atoms with van der Waals surface area (Å²) in [7, 11) is 1.72. The summed E-state index contributed by atoms with van der Waals surface area (Å²) in [6.07, 6.45) is 2.22. The maximum Gasteiger partial charge on any atom is 0.221 e. The van der Waals surface area contributed by atoms with Crippen molar-refractivity contribution in [1.82, 2.24) is 16.0 Å². The topological polar surface area (TPSA) is 65.5 Å². The van der Waals surface area contributed by atoms with Gasteiger partial charge in [0, 0.05) is 37.6 Å². The van der Waals surface area contributed by atoms with Crippen LogP contribution in [0.5, 0.6) is 0 Å². The molecule has 0 heterocycles. The molecule has 1 aromatic carbocycles. The Bertz CT molecular complexity index is 525. The van der Waals surface area contributed by atoms with Crippen molar-refractivity contribution in [3.63, 3.8) is 0 Å². The van der Waals surface area contributed by atoms with Crippen molar-refractivity contribution in [2.45, 2.75) is 39.2 Å². The van der Waals surface area contributed by atoms with Gasteiger partial charge in [0.05, 0.1) is 0 Å². The second-order valence-corrected chi connectivity index (χ2v) is 5.87. The predicted octanol–water partition coefficient (Wildman–Crippen LogP) is 2.97. The van der Waals surface area contributed by atoms with Crippen molar-refractivity contribution in [2.24, 2.45) is 4.99 Å². The number of nitrogens with zero attached hydrogens (tertiary/aromatic N) is 1. The lowest BCUT2D eigenvalue weighted by Crippen LogP contribution is -2.41. The molecule has 1 rings (SSSR count). The molecular weight excluding hydrogens is 439 g/mol. The first-order chi connectivity index (χ1) is 11.0. The third kappa shape index (κ3) is 9.97. The van der Waals surface area contributed by atoms with Crippen LogP contribution in [-0.2, 0) is 11.2 Å². The van der Waals surface area contributed by atoms with E-state index in [9.17, 15) is 4.79 Å². The molecule has 3 N–H and O–H groups in total. The largest absolute Gasteiger partial charge is 0.356 e. The zero-order chi connectivity index (χ0) is 17.1. The highest BCUT2D eigenvalue weighted by Crippen LogP contribution is 2.10. The van der Waals surface area contributed by atoms with E-state index in [0.29, 0.717) is 18.9 Å². The van der Waals surface area contributed by atoms with Crippen LogP contribution >= 0.6 is 35.6 Å². The number of carbonyl (C=O) groups excluding carboxylic acids is 1. The van der Waals surface area contributed by atoms with Gasteiger partial charge in [-0.1, -0.05) is 30.7 Å². The summed E-state index contributed by atoms with van der Waals surface area (Å²) in [5, 5.41) is 10.1. The van der Waals surface area contributed by atoms with E-state index < -0.39 is 0 Å². The van der Waals surface area contributed by atoms with Gasteiger partial charge in [0.15, 0.2) is 5.96 Å². The minimum absolute atomic E-state index is 0. The van der Waals surface area contributed by atoms with Crippen molar-refractivity contribution in [3.8, 4) is 0 Å². The van der Waals surface area contributed by atoms with Crippen LogP contribution in [-0.4, -0.2) is 38.0 Å². The molecule has 1 aromatic rings. The number of hydrogen-bond acceptors (Lipinski definition) is 2. The second kappa shape index (κ2) is 13.3. The average molecular weight is 467 g/mol. The van der Waals surface area contributed by atoms with Crippen molar-refractivity contribution in [1.29, 1.82) is 0 Å². The summed E-state index contributed by atoms with van der Waals surface area (Å²) in [6, 6.07) is 8.03. The van der Waals surface area contributed by atoms with E-state index in [-0.39, 0.29) is 35.9 Å². The highest BCUT2D eigenvalue weighted by Gasteiger charge is 2.05. The quantitative estimate of drug-likeness (QED) is 0.313. The molecule has 0 aliphatic rings. The number of rotatable bonds is 8. The lowest BCUT2D eigenvalue weighted by atomic mass is 10.1. The Morgan fingerprint density at radius 1 is 1.29 bits per heavy atom. The molecule has 0 saturated carbocycles. The first-order valence-corrected chi connectivity index (χ1v) is 8.41. The Hall–Kier alpha value is -1.02. The summed E-state index contributed by atoms with van der Waals surface area (Å²) < 4.78 is 0. The summed E-state index contributed by atoms with van der Waals surface area (Å²) in [5.41, 5.74) is 1.17. The number of aliphatic imine (C=N–C) groups is 1. The molecule has 0 spiro atoms. The fraction of sp³-hybridized carbons (Fsp3) is 0.529. The zero-order valence-corrected chi connectivity index (χ0v) is 17.7. The minimum atomic E-state index is 0. The molecule has 0 aliphatic heterocycles. The smallest absolute Gasteiger partial charge is 0.221 e. The highest BCUT2D eigenvalue weighted by atomic mass is 127. The van der Waals surface area contributed by atoms with Crippen LogP contribution < -0.4 is 16.0 Å². The molecule has 0 bridgehead atoms. The lowest BCUT2D eigenvalue weighted by Gasteiger charge is -2.13. The Kier molecular flexibility index (Phi) is 12.7. The summed E-state index contributed by atoms with van der Waals surface area (Å²) in [4.78, 5) is 15.8. The summed E-state index contributed by atoms with van der Waals surface area (Å²) in [6.45, 7) is 5.36. The normalized spacial score (nSPS) is 12.1. The lowest BCUT2D eigenvalue weighted by molar-refractivity contribution is -0.121. The molecule has 1 amide bonds. The van der Waals surface area contributed by atoms with Gasteiger partial charge in [-0.3, -0.25) is 9.79 Å². The molecule has 1 atom stereocenters. The van der Waals surface area contributed by atoms with Crippen LogP contribution in [0.1, 0.15) is 32.3 Å². The molecule has 0 aliphatic carbocycles. The standard InChI is InChI=1S/C17H27ClN4O.HI/c1-4-13(2)22-16(23)9-11-21-17(19-3)20-10-8-14-6-5-7-15(18)12-14;/h5-7,12-13H,4,8-11H2,1-3H3,(H,22,23)(H2,19,20,21);1H. The zero-order valence-electron chi connectivity index (χ0n) is 14.6. The van der Waals surface area contributed by atoms with E-state index in [1.165, 1.54) is 5.56 Å². The number of halogens is 2. The maximum absolute atomic E-state index is 11.7. The molecule has 1 unspecified atom stereocenters. The number of hydrogen-bond donors (Lipinski definition) is 3. The SMILES string of the molecule is CCC(C)NC(=O)CCNC(=NC)NCCc1cccc(Cl)c1.I. The van der Waals surface area contributed by atoms with Crippen LogP contribution in [0.4, 0.5) is 0 Å². The van der Waals surface area contributed by atoms with Crippen molar-refractivity contribution < 1.29 is 4.79 Å². The van der Waals surface area contributed by atoms with Crippen molar-refractivity contribution in [3.05, 3.63) is 34.9 Å². The highest BCUT2D eigenvalue weighted by molar-refractivity contribution is 14.0. The van der Waals surface area contributed by atoms with Crippen LogP contribution in [0.15, 0.2) is 29.3 Å². The van der Waals surface area contributed by atoms with E-state index in [0.717, 1.165) is 24.4 Å². The van der Waals surface area contributed by atoms with Gasteiger partial charge in [0.2, 0.25) is 5.91 Å². The molecule has 0 saturated heterocycles. The van der Waals surface area contributed by atoms with Crippen LogP contribution in [0.2, 0.25) is 5.02 Å². The Balaban J connectivity index is 0.00000529. The second-order valence-electron chi connectivity index (χ2n) is 5.43. The third-order valence-corrected chi connectivity index (χ3v) is 3.72. The molecule has 0 radical (unpaired) electrons. The van der Waals surface area contributed by atoms with Gasteiger partial charge in [0.25, 0.3) is 0 Å². The van der Waals surface area contributed by atoms with Crippen LogP contribution in [0.3, 0.4) is 0 Å². The minimum Gasteiger partial charge on any atom is -0.356 e. The number of carbonyl (C=O) groups is 1. The number of amides is 1. The predicted molar refractivity (Wildman–Crippen MR) is 112 cm³/mol. The molecular formula is C17H28ClIN4O. The third-order valence-electron chi connectivity index (χ3n) is 3.48. The monoisotopic (exact) mass is 466 g/mol. The number of benzene rings is 1. The number of nitrogens with one attached hydrogen (secondary N) is 3. The molecule has 0 fully saturated rings. The van der Waals surface area contributed by atoms with Gasteiger partial charge in [-0.15, -0.1) is 24.0 Å². The Morgan fingerprint density at radius 2 is 2.00 bits per heavy atom. The molecule has 5 nitrogen and oxygen atoms in total. The molecule has 24 heavy (non-hydrogen) atoms. The molecule has 136 valence electrons. The van der Waals surface area contributed by atoms with Gasteiger partial charge >= 0.3 is 0 Å². The van der Waals surface area contributed by atoms with E-state index in [2.05, 4.69) is 27.9 Å². The van der Waals surface area contributed by atoms with Crippen LogP contribution in [0, 0.1) is 0 Å². The Morgan fingerprint density at radius 3 is 2.62 bits per heavy atom. The first kappa shape index (κ1) is 23.0. The fourth-order valence-electron chi connectivity index (χ4n) is 1.98. The van der Waals surface area contributed by atoms with Gasteiger partial charge in [-0.05, 0) is 37.5 Å². The van der Waals surface area contributed by atoms with Crippen molar-refractivity contribution >= 4 is 47.4 Å². The van der Waals surface area contributed by atoms with Gasteiger partial charge < -0.3 is 16.0 Å². The fourth-order valence-corrected chi connectivity index (χ4v) is 2.19. The van der Waals surface area contributed by atoms with Crippen LogP contribution in [0.25, 0.3) is 0 Å². The number of guanidine groups is 1. The maximum atomic E-state index is 11.7. The van der Waals surface area contributed by atoms with Crippen molar-refractivity contribution in [2.75, 3.05) is 20.1 Å². The average Bonchev–Trinajstić information content (AvgIpc) is 2.53. The first-order valence-electron chi connectivity index (χ1n) is 8.03. The van der Waals surface area contributed by atoms with Gasteiger partial charge in [0.1, 0.15) is 0 Å². The van der Waals surface area contributed by atoms with E-state index in [1.807, 2.05) is 31.2 Å².